The van der Waals surface area contributed by atoms with Crippen LogP contribution in [0.5, 0.6) is 0 Å². The van der Waals surface area contributed by atoms with Gasteiger partial charge in [-0.25, -0.2) is 0 Å². The number of halogens is 1. The van der Waals surface area contributed by atoms with Crippen molar-refractivity contribution in [1.29, 1.82) is 0 Å². The number of carbonyl (C=O) groups excluding carboxylic acids is 1. The first-order valence-electron chi connectivity index (χ1n) is 3.56. The Balaban J connectivity index is 2.97. The molecule has 0 unspecified atom stereocenters. The Kier molecular flexibility index (Phi) is 3.18. The zero-order valence-electron chi connectivity index (χ0n) is 6.67. The Hall–Kier alpha value is -0.470. The molecule has 1 nitrogen and oxygen atoms in total. The molecule has 0 aliphatic heterocycles. The number of hydrogen-bond acceptors (Lipinski definition) is 2. The van der Waals surface area contributed by atoms with Gasteiger partial charge in [0.2, 0.25) is 0 Å². The minimum Gasteiger partial charge on any atom is -0.300 e. The molecule has 0 amide bonds. The van der Waals surface area contributed by atoms with Crippen LogP contribution in [-0.4, -0.2) is 5.78 Å². The van der Waals surface area contributed by atoms with E-state index in [2.05, 4.69) is 12.6 Å². The number of rotatable bonds is 2. The number of hydrogen-bond donors (Lipinski definition) is 1. The van der Waals surface area contributed by atoms with E-state index >= 15 is 0 Å². The lowest BCUT2D eigenvalue weighted by molar-refractivity contribution is -0.116. The van der Waals surface area contributed by atoms with E-state index in [0.717, 1.165) is 10.5 Å². The van der Waals surface area contributed by atoms with E-state index in [1.807, 2.05) is 6.07 Å². The Morgan fingerprint density at radius 3 is 2.83 bits per heavy atom. The molecular formula is C9H9ClOS. The average molecular weight is 201 g/mol. The number of thiol groups is 1. The number of carbonyl (C=O) groups is 1. The average Bonchev–Trinajstić information content (AvgIpc) is 1.96. The summed E-state index contributed by atoms with van der Waals surface area (Å²) in [4.78, 5) is 11.6. The third kappa shape index (κ3) is 2.54. The van der Waals surface area contributed by atoms with Gasteiger partial charge < -0.3 is 0 Å². The number of Topliss-reactive ketones (excluding diaryl/α,β-unsaturated/α-hetero) is 1. The van der Waals surface area contributed by atoms with Crippen LogP contribution >= 0.6 is 24.2 Å². The largest absolute Gasteiger partial charge is 0.300 e. The van der Waals surface area contributed by atoms with Gasteiger partial charge in [-0.05, 0) is 30.7 Å². The van der Waals surface area contributed by atoms with E-state index in [9.17, 15) is 4.79 Å². The van der Waals surface area contributed by atoms with Crippen molar-refractivity contribution in [3.8, 4) is 0 Å². The van der Waals surface area contributed by atoms with Crippen LogP contribution < -0.4 is 0 Å². The third-order valence-corrected chi connectivity index (χ3v) is 2.12. The van der Waals surface area contributed by atoms with Crippen LogP contribution in [0.3, 0.4) is 0 Å². The van der Waals surface area contributed by atoms with Gasteiger partial charge in [0.25, 0.3) is 0 Å². The fourth-order valence-corrected chi connectivity index (χ4v) is 1.38. The van der Waals surface area contributed by atoms with Crippen LogP contribution in [0.15, 0.2) is 23.1 Å². The first-order valence-corrected chi connectivity index (χ1v) is 4.39. The zero-order chi connectivity index (χ0) is 9.14. The second kappa shape index (κ2) is 3.97. The van der Waals surface area contributed by atoms with Crippen molar-refractivity contribution in [3.63, 3.8) is 0 Å². The van der Waals surface area contributed by atoms with Crippen LogP contribution in [0, 0.1) is 0 Å². The Morgan fingerprint density at radius 1 is 1.58 bits per heavy atom. The summed E-state index contributed by atoms with van der Waals surface area (Å²) in [6.45, 7) is 1.54. The van der Waals surface area contributed by atoms with E-state index in [-0.39, 0.29) is 5.78 Å². The van der Waals surface area contributed by atoms with E-state index in [0.29, 0.717) is 11.4 Å². The lowest BCUT2D eigenvalue weighted by Crippen LogP contribution is -1.96. The summed E-state index contributed by atoms with van der Waals surface area (Å²) in [5.74, 6) is 0.107. The van der Waals surface area contributed by atoms with Gasteiger partial charge in [-0.2, -0.15) is 0 Å². The molecule has 1 aromatic carbocycles. The second-order valence-corrected chi connectivity index (χ2v) is 3.58. The lowest BCUT2D eigenvalue weighted by Gasteiger charge is -2.01. The highest BCUT2D eigenvalue weighted by Crippen LogP contribution is 2.20. The summed E-state index contributed by atoms with van der Waals surface area (Å²) in [5, 5.41) is 0.628. The molecular weight excluding hydrogens is 192 g/mol. The van der Waals surface area contributed by atoms with Gasteiger partial charge in [-0.1, -0.05) is 11.6 Å². The van der Waals surface area contributed by atoms with E-state index in [1.54, 1.807) is 19.1 Å². The predicted octanol–water partition coefficient (Wildman–Crippen LogP) is 2.76. The summed E-state index contributed by atoms with van der Waals surface area (Å²) >= 11 is 10.0. The van der Waals surface area contributed by atoms with Crippen molar-refractivity contribution in [2.24, 2.45) is 0 Å². The van der Waals surface area contributed by atoms with Crippen LogP contribution in [0.25, 0.3) is 0 Å². The third-order valence-electron chi connectivity index (χ3n) is 1.47. The molecule has 0 saturated heterocycles. The molecule has 0 bridgehead atoms. The van der Waals surface area contributed by atoms with Gasteiger partial charge in [0.15, 0.2) is 0 Å². The summed E-state index contributed by atoms with van der Waals surface area (Å²) in [6.07, 6.45) is 0.382. The summed E-state index contributed by atoms with van der Waals surface area (Å²) in [5.41, 5.74) is 0.844. The zero-order valence-corrected chi connectivity index (χ0v) is 8.32. The molecule has 0 aliphatic carbocycles. The molecule has 12 heavy (non-hydrogen) atoms. The highest BCUT2D eigenvalue weighted by molar-refractivity contribution is 7.80. The quantitative estimate of drug-likeness (QED) is 0.727. The molecule has 1 rings (SSSR count). The van der Waals surface area contributed by atoms with Crippen molar-refractivity contribution < 1.29 is 4.79 Å². The smallest absolute Gasteiger partial charge is 0.134 e. The number of ketones is 1. The highest BCUT2D eigenvalue weighted by Gasteiger charge is 2.02. The molecule has 0 N–H and O–H groups in total. The van der Waals surface area contributed by atoms with Crippen molar-refractivity contribution in [2.45, 2.75) is 18.2 Å². The molecule has 0 aromatic heterocycles. The van der Waals surface area contributed by atoms with Crippen molar-refractivity contribution in [2.75, 3.05) is 0 Å². The van der Waals surface area contributed by atoms with Crippen LogP contribution in [0.4, 0.5) is 0 Å². The number of benzene rings is 1. The Bertz CT molecular complexity index is 309. The maximum Gasteiger partial charge on any atom is 0.134 e. The lowest BCUT2D eigenvalue weighted by atomic mass is 10.1. The molecule has 0 aliphatic rings. The fourth-order valence-electron chi connectivity index (χ4n) is 0.965. The maximum atomic E-state index is 10.8. The predicted molar refractivity (Wildman–Crippen MR) is 53.1 cm³/mol. The SMILES string of the molecule is CC(=O)Cc1cc(S)ccc1Cl. The molecule has 0 spiro atoms. The van der Waals surface area contributed by atoms with Gasteiger partial charge in [0.1, 0.15) is 5.78 Å². The van der Waals surface area contributed by atoms with Gasteiger partial charge in [0, 0.05) is 16.3 Å². The van der Waals surface area contributed by atoms with Gasteiger partial charge in [0.05, 0.1) is 0 Å². The van der Waals surface area contributed by atoms with E-state index < -0.39 is 0 Å². The minimum atomic E-state index is 0.107. The Labute approximate surface area is 82.1 Å². The first-order chi connectivity index (χ1) is 5.59. The van der Waals surface area contributed by atoms with Crippen LogP contribution in [-0.2, 0) is 11.2 Å². The molecule has 64 valence electrons. The van der Waals surface area contributed by atoms with E-state index in [4.69, 9.17) is 11.6 Å². The topological polar surface area (TPSA) is 17.1 Å². The van der Waals surface area contributed by atoms with Crippen LogP contribution in [0.1, 0.15) is 12.5 Å². The van der Waals surface area contributed by atoms with Gasteiger partial charge in [-0.3, -0.25) is 4.79 Å². The van der Waals surface area contributed by atoms with E-state index in [1.165, 1.54) is 0 Å². The molecule has 1 aromatic rings. The molecule has 3 heteroatoms. The highest BCUT2D eigenvalue weighted by atomic mass is 35.5. The normalized spacial score (nSPS) is 9.92. The first kappa shape index (κ1) is 9.62. The molecule has 0 radical (unpaired) electrons. The standard InChI is InChI=1S/C9H9ClOS/c1-6(11)4-7-5-8(12)2-3-9(7)10/h2-3,5,12H,4H2,1H3. The molecule has 0 fully saturated rings. The Morgan fingerprint density at radius 2 is 2.25 bits per heavy atom. The maximum absolute atomic E-state index is 10.8. The monoisotopic (exact) mass is 200 g/mol. The summed E-state index contributed by atoms with van der Waals surface area (Å²) < 4.78 is 0. The van der Waals surface area contributed by atoms with Gasteiger partial charge >= 0.3 is 0 Å². The second-order valence-electron chi connectivity index (χ2n) is 2.65. The van der Waals surface area contributed by atoms with Crippen molar-refractivity contribution in [1.82, 2.24) is 0 Å². The minimum absolute atomic E-state index is 0.107. The molecule has 0 saturated carbocycles. The summed E-state index contributed by atoms with van der Waals surface area (Å²) in [7, 11) is 0. The van der Waals surface area contributed by atoms with Crippen LogP contribution in [0.2, 0.25) is 5.02 Å². The molecule has 0 heterocycles. The molecule has 0 atom stereocenters. The van der Waals surface area contributed by atoms with Crippen molar-refractivity contribution in [3.05, 3.63) is 28.8 Å². The fraction of sp³-hybridized carbons (Fsp3) is 0.222. The summed E-state index contributed by atoms with van der Waals surface area (Å²) in [6, 6.07) is 5.37. The van der Waals surface area contributed by atoms with Crippen molar-refractivity contribution >= 4 is 30.0 Å². The van der Waals surface area contributed by atoms with Gasteiger partial charge in [-0.15, -0.1) is 12.6 Å².